The fraction of sp³-hybridized carbons (Fsp3) is 0.558. The number of carbonyl (C=O) groups excluding carboxylic acids is 5. The third kappa shape index (κ3) is 20.9. The average Bonchev–Trinajstić information content (AvgIpc) is 3.67. The monoisotopic (exact) mass is 867 g/mol. The van der Waals surface area contributed by atoms with Crippen LogP contribution in [0.25, 0.3) is 6.08 Å². The van der Waals surface area contributed by atoms with Crippen LogP contribution in [-0.2, 0) is 67.6 Å². The molecule has 3 rings (SSSR count). The first-order chi connectivity index (χ1) is 29.0. The molecule has 17 nitrogen and oxygen atoms in total. The summed E-state index contributed by atoms with van der Waals surface area (Å²) in [6.07, 6.45) is 14.6. The summed E-state index contributed by atoms with van der Waals surface area (Å²) in [4.78, 5) is 70.4. The number of ether oxygens (including phenoxy) is 3. The number of nitrogens with one attached hydrogen (secondary N) is 1. The predicted molar refractivity (Wildman–Crippen MR) is 228 cm³/mol. The highest BCUT2D eigenvalue weighted by molar-refractivity contribution is 7.90. The van der Waals surface area contributed by atoms with Crippen LogP contribution in [0.4, 0.5) is 5.69 Å². The number of hydrogen-bond donors (Lipinski definition) is 2. The summed E-state index contributed by atoms with van der Waals surface area (Å²) < 4.78 is 41.0. The summed E-state index contributed by atoms with van der Waals surface area (Å²) in [5.41, 5.74) is 7.75. The fourth-order valence-electron chi connectivity index (χ4n) is 5.67. The quantitative estimate of drug-likeness (QED) is 0.0526. The number of sulfone groups is 1. The Morgan fingerprint density at radius 3 is 2.28 bits per heavy atom. The zero-order valence-corrected chi connectivity index (χ0v) is 36.6. The van der Waals surface area contributed by atoms with Gasteiger partial charge in [0.25, 0.3) is 0 Å². The van der Waals surface area contributed by atoms with E-state index in [-0.39, 0.29) is 67.0 Å². The maximum Gasteiger partial charge on any atom is 0.311 e. The molecule has 0 spiro atoms. The van der Waals surface area contributed by atoms with Crippen LogP contribution in [0.15, 0.2) is 54.1 Å². The summed E-state index contributed by atoms with van der Waals surface area (Å²) >= 11 is 0. The van der Waals surface area contributed by atoms with Gasteiger partial charge in [0, 0.05) is 74.3 Å². The van der Waals surface area contributed by atoms with Crippen LogP contribution in [0.3, 0.4) is 0 Å². The number of nitrogens with two attached hydrogens (primary N) is 1. The number of amides is 1. The molecule has 0 aliphatic carbocycles. The van der Waals surface area contributed by atoms with Crippen molar-refractivity contribution in [1.82, 2.24) is 25.0 Å². The fourth-order valence-corrected chi connectivity index (χ4v) is 6.15. The van der Waals surface area contributed by atoms with Gasteiger partial charge in [0.05, 0.1) is 24.3 Å². The van der Waals surface area contributed by atoms with Crippen LogP contribution in [0.2, 0.25) is 0 Å². The molecule has 0 fully saturated rings. The van der Waals surface area contributed by atoms with E-state index in [9.17, 15) is 32.4 Å². The number of hydrogen-bond acceptors (Lipinski definition) is 15. The SMILES string of the molecule is CC(C)(C)C(=O)OCc1ccc(NC(=O)[C@H](CCCCN)CC(=O)COCC(=O)CCCOCCn2cc(CCC(=O)CCC/C=C/c3cnc(S(C)(=O)=O)nc3)nn2)cc1. The zero-order chi connectivity index (χ0) is 44.7. The minimum Gasteiger partial charge on any atom is -0.460 e. The van der Waals surface area contributed by atoms with E-state index in [0.717, 1.165) is 18.2 Å². The normalized spacial score (nSPS) is 12.3. The average molecular weight is 868 g/mol. The van der Waals surface area contributed by atoms with Gasteiger partial charge in [-0.25, -0.2) is 23.1 Å². The standard InChI is InChI=1S/C43H61N7O10S/c1-43(2,3)41(55)60-29-32-15-17-35(18-16-32)47-40(54)34(12-8-9-21-44)25-39(53)31-59-30-38(52)14-10-23-58-24-22-50-28-36(48-49-50)19-20-37(51)13-7-5-6-11-33-26-45-42(46-27-33)61(4,56)57/h6,11,15-18,26-28,34H,5,7-10,12-14,19-25,29-31,44H2,1-4H3,(H,47,54)/b11-6+/t34-/m1/s1. The molecule has 0 bridgehead atoms. The largest absolute Gasteiger partial charge is 0.460 e. The molecule has 18 heteroatoms. The second-order valence-corrected chi connectivity index (χ2v) is 17.8. The highest BCUT2D eigenvalue weighted by Crippen LogP contribution is 2.20. The zero-order valence-electron chi connectivity index (χ0n) is 35.8. The number of unbranched alkanes of at least 4 members (excludes halogenated alkanes) is 2. The number of aromatic nitrogens is 5. The van der Waals surface area contributed by atoms with E-state index in [1.165, 1.54) is 12.4 Å². The molecule has 0 aliphatic heterocycles. The second-order valence-electron chi connectivity index (χ2n) is 15.9. The maximum atomic E-state index is 13.2. The smallest absolute Gasteiger partial charge is 0.311 e. The van der Waals surface area contributed by atoms with Crippen molar-refractivity contribution < 1.29 is 46.6 Å². The molecular formula is C43H61N7O10S. The molecule has 0 unspecified atom stereocenters. The third-order valence-electron chi connectivity index (χ3n) is 9.15. The first kappa shape index (κ1) is 50.3. The van der Waals surface area contributed by atoms with Crippen molar-refractivity contribution in [3.63, 3.8) is 0 Å². The Labute approximate surface area is 358 Å². The Balaban J connectivity index is 1.24. The highest BCUT2D eigenvalue weighted by Gasteiger charge is 2.24. The molecule has 0 saturated carbocycles. The lowest BCUT2D eigenvalue weighted by Crippen LogP contribution is -2.27. The number of anilines is 1. The van der Waals surface area contributed by atoms with Gasteiger partial charge in [-0.1, -0.05) is 35.9 Å². The van der Waals surface area contributed by atoms with Crippen molar-refractivity contribution in [2.75, 3.05) is 44.5 Å². The van der Waals surface area contributed by atoms with Crippen molar-refractivity contribution >= 4 is 50.8 Å². The molecule has 1 aromatic carbocycles. The maximum absolute atomic E-state index is 13.2. The van der Waals surface area contributed by atoms with Crippen LogP contribution in [0.5, 0.6) is 0 Å². The topological polar surface area (TPSA) is 242 Å². The van der Waals surface area contributed by atoms with Gasteiger partial charge in [-0.15, -0.1) is 5.10 Å². The number of Topliss-reactive ketones (excluding diaryl/α,β-unsaturated/α-hetero) is 3. The Hall–Kier alpha value is -5.04. The van der Waals surface area contributed by atoms with E-state index in [2.05, 4.69) is 25.6 Å². The van der Waals surface area contributed by atoms with Gasteiger partial charge in [0.1, 0.15) is 25.6 Å². The number of allylic oxidation sites excluding steroid dienone is 1. The van der Waals surface area contributed by atoms with E-state index in [0.29, 0.717) is 94.6 Å². The van der Waals surface area contributed by atoms with Crippen LogP contribution >= 0.6 is 0 Å². The van der Waals surface area contributed by atoms with Crippen molar-refractivity contribution in [3.05, 3.63) is 65.8 Å². The number of nitrogens with zero attached hydrogens (tertiary/aromatic N) is 5. The van der Waals surface area contributed by atoms with Gasteiger partial charge in [0.15, 0.2) is 11.6 Å². The lowest BCUT2D eigenvalue weighted by molar-refractivity contribution is -0.154. The van der Waals surface area contributed by atoms with Crippen LogP contribution in [-0.4, -0.2) is 102 Å². The number of aryl methyl sites for hydroxylation is 1. The number of benzene rings is 1. The summed E-state index contributed by atoms with van der Waals surface area (Å²) in [5, 5.41) is 10.9. The van der Waals surface area contributed by atoms with Crippen molar-refractivity contribution in [2.45, 2.75) is 110 Å². The van der Waals surface area contributed by atoms with Gasteiger partial charge in [-0.3, -0.25) is 24.0 Å². The van der Waals surface area contributed by atoms with E-state index < -0.39 is 21.2 Å². The van der Waals surface area contributed by atoms with Crippen molar-refractivity contribution in [3.8, 4) is 0 Å². The van der Waals surface area contributed by atoms with Gasteiger partial charge >= 0.3 is 5.97 Å². The molecule has 3 aromatic rings. The molecule has 0 radical (unpaired) electrons. The lowest BCUT2D eigenvalue weighted by Gasteiger charge is -2.17. The molecule has 3 N–H and O–H groups in total. The van der Waals surface area contributed by atoms with Crippen LogP contribution in [0, 0.1) is 11.3 Å². The van der Waals surface area contributed by atoms with Gasteiger partial charge in [-0.05, 0) is 83.5 Å². The highest BCUT2D eigenvalue weighted by atomic mass is 32.2. The van der Waals surface area contributed by atoms with Crippen molar-refractivity contribution in [2.24, 2.45) is 17.1 Å². The molecule has 0 saturated heterocycles. The third-order valence-corrected chi connectivity index (χ3v) is 10.0. The van der Waals surface area contributed by atoms with E-state index in [1.807, 2.05) is 6.08 Å². The number of carbonyl (C=O) groups is 5. The minimum absolute atomic E-state index is 0.0307. The number of ketones is 3. The number of esters is 1. The van der Waals surface area contributed by atoms with Crippen LogP contribution < -0.4 is 11.1 Å². The molecule has 1 amide bonds. The molecule has 1 atom stereocenters. The Morgan fingerprint density at radius 2 is 1.59 bits per heavy atom. The van der Waals surface area contributed by atoms with Gasteiger partial charge < -0.3 is 25.3 Å². The molecule has 0 aliphatic rings. The number of rotatable bonds is 30. The summed E-state index contributed by atoms with van der Waals surface area (Å²) in [5.74, 6) is -1.51. The summed E-state index contributed by atoms with van der Waals surface area (Å²) in [6, 6.07) is 6.96. The first-order valence-corrected chi connectivity index (χ1v) is 22.5. The van der Waals surface area contributed by atoms with Gasteiger partial charge in [-0.2, -0.15) is 0 Å². The molecule has 61 heavy (non-hydrogen) atoms. The summed E-state index contributed by atoms with van der Waals surface area (Å²) in [6.45, 7) is 6.63. The molecule has 334 valence electrons. The van der Waals surface area contributed by atoms with Crippen LogP contribution in [0.1, 0.15) is 102 Å². The second kappa shape index (κ2) is 26.3. The summed E-state index contributed by atoms with van der Waals surface area (Å²) in [7, 11) is -3.44. The van der Waals surface area contributed by atoms with E-state index in [1.54, 1.807) is 62.0 Å². The van der Waals surface area contributed by atoms with Crippen molar-refractivity contribution in [1.29, 1.82) is 0 Å². The van der Waals surface area contributed by atoms with E-state index >= 15 is 0 Å². The molecule has 2 aromatic heterocycles. The Morgan fingerprint density at radius 1 is 0.885 bits per heavy atom. The predicted octanol–water partition coefficient (Wildman–Crippen LogP) is 4.67. The van der Waals surface area contributed by atoms with E-state index in [4.69, 9.17) is 19.9 Å². The Bertz CT molecular complexity index is 1990. The minimum atomic E-state index is -3.44. The Kier molecular flexibility index (Phi) is 21.7. The lowest BCUT2D eigenvalue weighted by atomic mass is 9.95. The molecular weight excluding hydrogens is 807 g/mol. The van der Waals surface area contributed by atoms with Gasteiger partial charge in [0.2, 0.25) is 20.9 Å². The first-order valence-electron chi connectivity index (χ1n) is 20.6. The molecule has 2 heterocycles.